The number of nitrogens with one attached hydrogen (secondary N) is 2. The highest BCUT2D eigenvalue weighted by atomic mass is 19.1. The van der Waals surface area contributed by atoms with Crippen LogP contribution in [0.15, 0.2) is 42.6 Å². The minimum absolute atomic E-state index is 0.0979. The van der Waals surface area contributed by atoms with Crippen molar-refractivity contribution in [2.45, 2.75) is 12.1 Å². The molecule has 4 nitrogen and oxygen atoms in total. The lowest BCUT2D eigenvalue weighted by Crippen LogP contribution is -2.42. The van der Waals surface area contributed by atoms with Crippen molar-refractivity contribution in [3.05, 3.63) is 54.0 Å². The normalized spacial score (nSPS) is 18.9. The van der Waals surface area contributed by atoms with E-state index in [4.69, 9.17) is 5.73 Å². The molecule has 0 saturated carbocycles. The van der Waals surface area contributed by atoms with Gasteiger partial charge in [-0.3, -0.25) is 0 Å². The molecule has 3 rings (SSSR count). The molecule has 0 aliphatic carbocycles. The maximum absolute atomic E-state index is 13.7. The zero-order valence-electron chi connectivity index (χ0n) is 10.3. The van der Waals surface area contributed by atoms with E-state index in [0.717, 1.165) is 11.5 Å². The maximum atomic E-state index is 13.7. The Morgan fingerprint density at radius 2 is 2.11 bits per heavy atom. The summed E-state index contributed by atoms with van der Waals surface area (Å²) in [6, 6.07) is 9.89. The van der Waals surface area contributed by atoms with E-state index in [1.54, 1.807) is 24.4 Å². The van der Waals surface area contributed by atoms with Crippen molar-refractivity contribution in [2.24, 2.45) is 5.73 Å². The van der Waals surface area contributed by atoms with Gasteiger partial charge >= 0.3 is 0 Å². The molecule has 0 fully saturated rings. The van der Waals surface area contributed by atoms with Crippen LogP contribution in [-0.2, 0) is 0 Å². The largest absolute Gasteiger partial charge is 0.380 e. The predicted octanol–water partition coefficient (Wildman–Crippen LogP) is 2.13. The molecule has 2 heterocycles. The first kappa shape index (κ1) is 11.9. The summed E-state index contributed by atoms with van der Waals surface area (Å²) >= 11 is 0. The van der Waals surface area contributed by atoms with Crippen molar-refractivity contribution < 1.29 is 4.39 Å². The number of nitrogens with zero attached hydrogens (tertiary/aromatic N) is 1. The smallest absolute Gasteiger partial charge is 0.149 e. The van der Waals surface area contributed by atoms with Crippen molar-refractivity contribution in [1.29, 1.82) is 0 Å². The first-order valence-electron chi connectivity index (χ1n) is 6.21. The lowest BCUT2D eigenvalue weighted by Gasteiger charge is -2.31. The van der Waals surface area contributed by atoms with E-state index in [1.165, 1.54) is 6.07 Å². The van der Waals surface area contributed by atoms with Gasteiger partial charge in [-0.05, 0) is 18.2 Å². The standard InChI is InChI=1S/C14H15FN4/c15-10-5-2-1-4-9(10)13(16)12-8-18-11-6-3-7-17-14(11)19-12/h1-7,12-13,18H,8,16H2,(H,17,19). The summed E-state index contributed by atoms with van der Waals surface area (Å²) in [4.78, 5) is 4.25. The average molecular weight is 258 g/mol. The highest BCUT2D eigenvalue weighted by Gasteiger charge is 2.26. The van der Waals surface area contributed by atoms with Crippen LogP contribution in [0.25, 0.3) is 0 Å². The molecule has 0 radical (unpaired) electrons. The Balaban J connectivity index is 1.83. The van der Waals surface area contributed by atoms with Crippen molar-refractivity contribution in [2.75, 3.05) is 17.2 Å². The third-order valence-electron chi connectivity index (χ3n) is 3.34. The topological polar surface area (TPSA) is 63.0 Å². The van der Waals surface area contributed by atoms with Gasteiger partial charge in [-0.25, -0.2) is 9.37 Å². The Morgan fingerprint density at radius 3 is 2.95 bits per heavy atom. The zero-order chi connectivity index (χ0) is 13.2. The molecule has 2 aromatic rings. The number of nitrogens with two attached hydrogens (primary N) is 1. The summed E-state index contributed by atoms with van der Waals surface area (Å²) < 4.78 is 13.7. The summed E-state index contributed by atoms with van der Waals surface area (Å²) in [5.74, 6) is 0.481. The Morgan fingerprint density at radius 1 is 1.26 bits per heavy atom. The molecule has 19 heavy (non-hydrogen) atoms. The van der Waals surface area contributed by atoms with Crippen LogP contribution in [0.3, 0.4) is 0 Å². The molecule has 0 spiro atoms. The second-order valence-electron chi connectivity index (χ2n) is 4.58. The number of pyridine rings is 1. The van der Waals surface area contributed by atoms with E-state index in [1.807, 2.05) is 12.1 Å². The van der Waals surface area contributed by atoms with Gasteiger partial charge in [0.1, 0.15) is 11.6 Å². The van der Waals surface area contributed by atoms with E-state index in [0.29, 0.717) is 12.1 Å². The molecule has 0 bridgehead atoms. The Hall–Kier alpha value is -2.14. The molecular formula is C14H15FN4. The quantitative estimate of drug-likeness (QED) is 0.772. The van der Waals surface area contributed by atoms with E-state index >= 15 is 0 Å². The SMILES string of the molecule is NC(c1ccccc1F)C1CNc2cccnc2N1. The van der Waals surface area contributed by atoms with Crippen LogP contribution < -0.4 is 16.4 Å². The number of halogens is 1. The van der Waals surface area contributed by atoms with Crippen LogP contribution in [0.4, 0.5) is 15.9 Å². The first-order chi connectivity index (χ1) is 9.25. The number of anilines is 2. The molecule has 0 amide bonds. The lowest BCUT2D eigenvalue weighted by atomic mass is 9.98. The van der Waals surface area contributed by atoms with Gasteiger partial charge in [-0.15, -0.1) is 0 Å². The molecule has 4 N–H and O–H groups in total. The molecular weight excluding hydrogens is 243 g/mol. The zero-order valence-corrected chi connectivity index (χ0v) is 10.3. The molecule has 1 aromatic heterocycles. The summed E-state index contributed by atoms with van der Waals surface area (Å²) in [5.41, 5.74) is 7.62. The number of hydrogen-bond donors (Lipinski definition) is 3. The third-order valence-corrected chi connectivity index (χ3v) is 3.34. The van der Waals surface area contributed by atoms with E-state index < -0.39 is 6.04 Å². The number of fused-ring (bicyclic) bond motifs is 1. The monoisotopic (exact) mass is 258 g/mol. The fourth-order valence-electron chi connectivity index (χ4n) is 2.29. The minimum atomic E-state index is -0.427. The fraction of sp³-hybridized carbons (Fsp3) is 0.214. The van der Waals surface area contributed by atoms with Crippen LogP contribution in [0.1, 0.15) is 11.6 Å². The maximum Gasteiger partial charge on any atom is 0.149 e. The molecule has 5 heteroatoms. The van der Waals surface area contributed by atoms with Crippen molar-refractivity contribution in [3.63, 3.8) is 0 Å². The Kier molecular flexibility index (Phi) is 3.05. The average Bonchev–Trinajstić information content (AvgIpc) is 2.46. The van der Waals surface area contributed by atoms with Gasteiger partial charge in [0.2, 0.25) is 0 Å². The van der Waals surface area contributed by atoms with Crippen LogP contribution in [0.2, 0.25) is 0 Å². The van der Waals surface area contributed by atoms with E-state index in [2.05, 4.69) is 15.6 Å². The summed E-state index contributed by atoms with van der Waals surface area (Å²) in [6.07, 6.45) is 1.71. The highest BCUT2D eigenvalue weighted by Crippen LogP contribution is 2.27. The predicted molar refractivity (Wildman–Crippen MR) is 73.5 cm³/mol. The lowest BCUT2D eigenvalue weighted by molar-refractivity contribution is 0.539. The molecule has 1 aromatic carbocycles. The molecule has 0 saturated heterocycles. The minimum Gasteiger partial charge on any atom is -0.380 e. The van der Waals surface area contributed by atoms with Crippen molar-refractivity contribution in [3.8, 4) is 0 Å². The van der Waals surface area contributed by atoms with Crippen LogP contribution in [0.5, 0.6) is 0 Å². The first-order valence-corrected chi connectivity index (χ1v) is 6.21. The van der Waals surface area contributed by atoms with Gasteiger partial charge < -0.3 is 16.4 Å². The van der Waals surface area contributed by atoms with Gasteiger partial charge in [-0.2, -0.15) is 0 Å². The van der Waals surface area contributed by atoms with Crippen LogP contribution in [0, 0.1) is 5.82 Å². The molecule has 2 unspecified atom stereocenters. The second kappa shape index (κ2) is 4.85. The van der Waals surface area contributed by atoms with Crippen molar-refractivity contribution in [1.82, 2.24) is 4.98 Å². The number of hydrogen-bond acceptors (Lipinski definition) is 4. The van der Waals surface area contributed by atoms with Gasteiger partial charge in [0.15, 0.2) is 0 Å². The molecule has 2 atom stereocenters. The Labute approximate surface area is 110 Å². The fourth-order valence-corrected chi connectivity index (χ4v) is 2.29. The summed E-state index contributed by atoms with van der Waals surface area (Å²) in [7, 11) is 0. The van der Waals surface area contributed by atoms with Crippen LogP contribution in [-0.4, -0.2) is 17.6 Å². The summed E-state index contributed by atoms with van der Waals surface area (Å²) in [6.45, 7) is 0.633. The van der Waals surface area contributed by atoms with Gasteiger partial charge in [-0.1, -0.05) is 18.2 Å². The third kappa shape index (κ3) is 2.24. The summed E-state index contributed by atoms with van der Waals surface area (Å²) in [5, 5.41) is 6.51. The van der Waals surface area contributed by atoms with Gasteiger partial charge in [0.05, 0.1) is 17.8 Å². The molecule has 98 valence electrons. The second-order valence-corrected chi connectivity index (χ2v) is 4.58. The Bertz CT molecular complexity index is 587. The molecule has 1 aliphatic rings. The van der Waals surface area contributed by atoms with Gasteiger partial charge in [0, 0.05) is 18.3 Å². The highest BCUT2D eigenvalue weighted by molar-refractivity contribution is 5.66. The van der Waals surface area contributed by atoms with Crippen LogP contribution >= 0.6 is 0 Å². The van der Waals surface area contributed by atoms with E-state index in [-0.39, 0.29) is 11.9 Å². The number of aromatic nitrogens is 1. The van der Waals surface area contributed by atoms with E-state index in [9.17, 15) is 4.39 Å². The molecule has 1 aliphatic heterocycles. The number of rotatable bonds is 2. The number of benzene rings is 1. The van der Waals surface area contributed by atoms with Crippen molar-refractivity contribution >= 4 is 11.5 Å². The van der Waals surface area contributed by atoms with Gasteiger partial charge in [0.25, 0.3) is 0 Å².